The van der Waals surface area contributed by atoms with Crippen LogP contribution in [-0.4, -0.2) is 41.5 Å². The van der Waals surface area contributed by atoms with Crippen LogP contribution in [0.15, 0.2) is 35.4 Å². The number of nitrogens with one attached hydrogen (secondary N) is 1. The van der Waals surface area contributed by atoms with Gasteiger partial charge in [0.1, 0.15) is 11.6 Å². The number of sulfonamides is 1. The molecule has 0 saturated carbocycles. The maximum absolute atomic E-state index is 13.3. The maximum Gasteiger partial charge on any atom is 0.243 e. The van der Waals surface area contributed by atoms with Crippen molar-refractivity contribution in [2.45, 2.75) is 37.6 Å². The quantitative estimate of drug-likeness (QED) is 0.791. The highest BCUT2D eigenvalue weighted by molar-refractivity contribution is 7.89. The van der Waals surface area contributed by atoms with Gasteiger partial charge in [-0.1, -0.05) is 11.6 Å². The first-order valence-electron chi connectivity index (χ1n) is 8.99. The van der Waals surface area contributed by atoms with Gasteiger partial charge in [0.25, 0.3) is 0 Å². The number of hydrogen-bond donors (Lipinski definition) is 1. The molecule has 0 bridgehead atoms. The Labute approximate surface area is 168 Å². The lowest BCUT2D eigenvalue weighted by molar-refractivity contribution is -0.121. The lowest BCUT2D eigenvalue weighted by Crippen LogP contribution is -2.41. The summed E-state index contributed by atoms with van der Waals surface area (Å²) in [5.41, 5.74) is 0. The molecule has 1 aliphatic rings. The zero-order valence-corrected chi connectivity index (χ0v) is 17.2. The molecule has 3 rings (SSSR count). The number of rotatable bonds is 5. The van der Waals surface area contributed by atoms with Crippen LogP contribution in [-0.2, 0) is 14.8 Å². The molecule has 1 aromatic heterocycles. The van der Waals surface area contributed by atoms with Crippen LogP contribution in [0.1, 0.15) is 32.7 Å². The lowest BCUT2D eigenvalue weighted by Gasteiger charge is -2.30. The molecule has 1 N–H and O–H groups in total. The number of carbonyl (C=O) groups excluding carboxylic acids is 1. The fourth-order valence-corrected chi connectivity index (χ4v) is 4.94. The minimum absolute atomic E-state index is 0.0531. The molecule has 1 amide bonds. The third-order valence-electron chi connectivity index (χ3n) is 4.76. The number of benzene rings is 1. The first-order chi connectivity index (χ1) is 13.2. The average Bonchev–Trinajstić information content (AvgIpc) is 3.12. The van der Waals surface area contributed by atoms with E-state index in [1.54, 1.807) is 16.9 Å². The van der Waals surface area contributed by atoms with Crippen LogP contribution >= 0.6 is 11.6 Å². The Morgan fingerprint density at radius 1 is 1.29 bits per heavy atom. The monoisotopic (exact) mass is 428 g/mol. The summed E-state index contributed by atoms with van der Waals surface area (Å²) in [5.74, 6) is -0.490. The Morgan fingerprint density at radius 3 is 2.57 bits per heavy atom. The maximum atomic E-state index is 13.3. The highest BCUT2D eigenvalue weighted by Gasteiger charge is 2.32. The zero-order chi connectivity index (χ0) is 20.5. The molecule has 1 aliphatic heterocycles. The Morgan fingerprint density at radius 2 is 1.96 bits per heavy atom. The van der Waals surface area contributed by atoms with E-state index >= 15 is 0 Å². The molecular formula is C18H22ClFN4O3S. The summed E-state index contributed by atoms with van der Waals surface area (Å²) < 4.78 is 41.8. The van der Waals surface area contributed by atoms with Gasteiger partial charge in [-0.25, -0.2) is 17.5 Å². The van der Waals surface area contributed by atoms with Crippen molar-refractivity contribution in [1.82, 2.24) is 14.1 Å². The van der Waals surface area contributed by atoms with Crippen LogP contribution in [0, 0.1) is 11.7 Å². The van der Waals surface area contributed by atoms with Crippen molar-refractivity contribution in [3.05, 3.63) is 41.3 Å². The fourth-order valence-electron chi connectivity index (χ4n) is 3.20. The Kier molecular flexibility index (Phi) is 6.07. The van der Waals surface area contributed by atoms with Crippen LogP contribution in [0.25, 0.3) is 0 Å². The van der Waals surface area contributed by atoms with Crippen molar-refractivity contribution in [2.75, 3.05) is 18.4 Å². The summed E-state index contributed by atoms with van der Waals surface area (Å²) in [6.45, 7) is 4.35. The van der Waals surface area contributed by atoms with E-state index in [0.29, 0.717) is 18.7 Å². The summed E-state index contributed by atoms with van der Waals surface area (Å²) in [6.07, 6.45) is 2.42. The summed E-state index contributed by atoms with van der Waals surface area (Å²) >= 11 is 5.71. The van der Waals surface area contributed by atoms with Crippen molar-refractivity contribution < 1.29 is 17.6 Å². The molecule has 2 aromatic rings. The summed E-state index contributed by atoms with van der Waals surface area (Å²) in [5, 5.41) is 6.82. The highest BCUT2D eigenvalue weighted by Crippen LogP contribution is 2.27. The van der Waals surface area contributed by atoms with E-state index in [4.69, 9.17) is 11.6 Å². The number of piperidine rings is 1. The van der Waals surface area contributed by atoms with Gasteiger partial charge >= 0.3 is 0 Å². The van der Waals surface area contributed by atoms with Crippen LogP contribution in [0.2, 0.25) is 5.02 Å². The van der Waals surface area contributed by atoms with Gasteiger partial charge in [0, 0.05) is 31.1 Å². The van der Waals surface area contributed by atoms with Gasteiger partial charge in [-0.15, -0.1) is 0 Å². The van der Waals surface area contributed by atoms with Crippen molar-refractivity contribution in [3.8, 4) is 0 Å². The van der Waals surface area contributed by atoms with Gasteiger partial charge in [-0.2, -0.15) is 9.40 Å². The van der Waals surface area contributed by atoms with Gasteiger partial charge in [0.2, 0.25) is 15.9 Å². The second-order valence-electron chi connectivity index (χ2n) is 7.00. The molecule has 0 spiro atoms. The SMILES string of the molecule is CC(C)n1nccc1NC(=O)C1CCN(S(=O)(=O)c2ccc(F)c(Cl)c2)CC1. The molecule has 1 aromatic carbocycles. The highest BCUT2D eigenvalue weighted by atomic mass is 35.5. The van der Waals surface area contributed by atoms with E-state index in [2.05, 4.69) is 10.4 Å². The fraction of sp³-hybridized carbons (Fsp3) is 0.444. The number of carbonyl (C=O) groups is 1. The van der Waals surface area contributed by atoms with Crippen molar-refractivity contribution in [2.24, 2.45) is 5.92 Å². The zero-order valence-electron chi connectivity index (χ0n) is 15.6. The molecule has 0 unspecified atom stereocenters. The molecule has 1 fully saturated rings. The van der Waals surface area contributed by atoms with E-state index in [-0.39, 0.29) is 40.9 Å². The largest absolute Gasteiger partial charge is 0.311 e. The smallest absolute Gasteiger partial charge is 0.243 e. The summed E-state index contributed by atoms with van der Waals surface area (Å²) in [4.78, 5) is 12.5. The molecule has 0 atom stereocenters. The topological polar surface area (TPSA) is 84.3 Å². The molecule has 28 heavy (non-hydrogen) atoms. The first kappa shape index (κ1) is 20.8. The Bertz CT molecular complexity index is 969. The number of aromatic nitrogens is 2. The predicted octanol–water partition coefficient (Wildman–Crippen LogP) is 3.30. The third kappa shape index (κ3) is 4.21. The molecule has 7 nitrogen and oxygen atoms in total. The third-order valence-corrected chi connectivity index (χ3v) is 6.95. The van der Waals surface area contributed by atoms with E-state index < -0.39 is 15.8 Å². The number of amides is 1. The minimum atomic E-state index is -3.78. The van der Waals surface area contributed by atoms with Gasteiger partial charge in [-0.3, -0.25) is 4.79 Å². The normalized spacial score (nSPS) is 16.5. The molecular weight excluding hydrogens is 407 g/mol. The standard InChI is InChI=1S/C18H22ClFN4O3S/c1-12(2)24-17(5-8-21-24)22-18(25)13-6-9-23(10-7-13)28(26,27)14-3-4-16(20)15(19)11-14/h3-5,8,11-13H,6-7,9-10H2,1-2H3,(H,22,25). The van der Waals surface area contributed by atoms with E-state index in [1.165, 1.54) is 10.4 Å². The summed E-state index contributed by atoms with van der Waals surface area (Å²) in [7, 11) is -3.78. The molecule has 1 saturated heterocycles. The molecule has 0 radical (unpaired) electrons. The Hall–Kier alpha value is -1.97. The number of hydrogen-bond acceptors (Lipinski definition) is 4. The molecule has 0 aliphatic carbocycles. The van der Waals surface area contributed by atoms with Crippen molar-refractivity contribution in [3.63, 3.8) is 0 Å². The van der Waals surface area contributed by atoms with Gasteiger partial charge in [0.05, 0.1) is 16.1 Å². The average molecular weight is 429 g/mol. The molecule has 152 valence electrons. The van der Waals surface area contributed by atoms with Crippen molar-refractivity contribution in [1.29, 1.82) is 0 Å². The van der Waals surface area contributed by atoms with Crippen LogP contribution in [0.3, 0.4) is 0 Å². The second kappa shape index (κ2) is 8.18. The van der Waals surface area contributed by atoms with Crippen LogP contribution in [0.5, 0.6) is 0 Å². The first-order valence-corrected chi connectivity index (χ1v) is 10.8. The summed E-state index contributed by atoms with van der Waals surface area (Å²) in [6, 6.07) is 5.18. The molecule has 10 heteroatoms. The van der Waals surface area contributed by atoms with Crippen LogP contribution in [0.4, 0.5) is 10.2 Å². The molecule has 2 heterocycles. The number of anilines is 1. The van der Waals surface area contributed by atoms with Crippen molar-refractivity contribution >= 4 is 33.3 Å². The predicted molar refractivity (Wildman–Crippen MR) is 104 cm³/mol. The van der Waals surface area contributed by atoms with E-state index in [9.17, 15) is 17.6 Å². The number of nitrogens with zero attached hydrogens (tertiary/aromatic N) is 3. The minimum Gasteiger partial charge on any atom is -0.311 e. The number of halogens is 2. The second-order valence-corrected chi connectivity index (χ2v) is 9.34. The van der Waals surface area contributed by atoms with Crippen LogP contribution < -0.4 is 5.32 Å². The van der Waals surface area contributed by atoms with E-state index in [1.807, 2.05) is 13.8 Å². The van der Waals surface area contributed by atoms with E-state index in [0.717, 1.165) is 12.1 Å². The van der Waals surface area contributed by atoms with Gasteiger partial charge in [0.15, 0.2) is 0 Å². The van der Waals surface area contributed by atoms with Gasteiger partial charge in [-0.05, 0) is 44.9 Å². The lowest BCUT2D eigenvalue weighted by atomic mass is 9.97. The Balaban J connectivity index is 1.64. The van der Waals surface area contributed by atoms with Gasteiger partial charge < -0.3 is 5.32 Å².